The summed E-state index contributed by atoms with van der Waals surface area (Å²) in [5.41, 5.74) is 6.40. The molecule has 126 valence electrons. The molecule has 0 unspecified atom stereocenters. The molecule has 0 bridgehead atoms. The van der Waals surface area contributed by atoms with E-state index in [0.717, 1.165) is 34.8 Å². The highest BCUT2D eigenvalue weighted by atomic mass is 16.2. The monoisotopic (exact) mass is 332 g/mol. The van der Waals surface area contributed by atoms with E-state index in [9.17, 15) is 4.79 Å². The summed E-state index contributed by atoms with van der Waals surface area (Å²) >= 11 is 0. The quantitative estimate of drug-likeness (QED) is 0.806. The second kappa shape index (κ2) is 5.84. The predicted molar refractivity (Wildman–Crippen MR) is 99.2 cm³/mol. The van der Waals surface area contributed by atoms with Crippen LogP contribution in [0, 0.1) is 6.92 Å². The van der Waals surface area contributed by atoms with Crippen molar-refractivity contribution in [2.24, 2.45) is 4.99 Å². The fourth-order valence-corrected chi connectivity index (χ4v) is 3.50. The molecule has 0 radical (unpaired) electrons. The zero-order valence-corrected chi connectivity index (χ0v) is 14.5. The summed E-state index contributed by atoms with van der Waals surface area (Å²) in [5.74, 6) is 0.768. The number of allylic oxidation sites excluding steroid dienone is 2. The van der Waals surface area contributed by atoms with E-state index in [1.807, 2.05) is 41.7 Å². The Labute approximate surface area is 147 Å². The molecule has 5 nitrogen and oxygen atoms in total. The molecule has 0 saturated heterocycles. The molecule has 1 aromatic carbocycles. The average Bonchev–Trinajstić information content (AvgIpc) is 2.95. The summed E-state index contributed by atoms with van der Waals surface area (Å²) in [6.07, 6.45) is 6.48. The van der Waals surface area contributed by atoms with Crippen LogP contribution in [-0.4, -0.2) is 39.3 Å². The van der Waals surface area contributed by atoms with Crippen molar-refractivity contribution in [3.63, 3.8) is 0 Å². The summed E-state index contributed by atoms with van der Waals surface area (Å²) in [7, 11) is 0. The van der Waals surface area contributed by atoms with Crippen molar-refractivity contribution in [2.75, 3.05) is 13.1 Å². The van der Waals surface area contributed by atoms with Crippen LogP contribution in [0.3, 0.4) is 0 Å². The molecule has 2 aliphatic rings. The number of aryl methyl sites for hydroxylation is 1. The lowest BCUT2D eigenvalue weighted by Gasteiger charge is -2.32. The van der Waals surface area contributed by atoms with E-state index >= 15 is 0 Å². The third kappa shape index (κ3) is 2.61. The third-order valence-corrected chi connectivity index (χ3v) is 4.71. The van der Waals surface area contributed by atoms with Crippen molar-refractivity contribution < 1.29 is 4.79 Å². The number of aromatic nitrogens is 2. The molecule has 3 heterocycles. The van der Waals surface area contributed by atoms with Crippen molar-refractivity contribution in [2.45, 2.75) is 20.3 Å². The summed E-state index contributed by atoms with van der Waals surface area (Å²) in [4.78, 5) is 23.2. The van der Waals surface area contributed by atoms with E-state index < -0.39 is 0 Å². The SMILES string of the molecule is C=C(C)c1cccc2c1CCN1C(=O)CN=C(n3cnc(C)c3)C=C21. The smallest absolute Gasteiger partial charge is 0.248 e. The molecule has 2 aliphatic heterocycles. The standard InChI is InChI=1S/C20H20N4O/c1-13(2)15-5-4-6-17-16(15)7-8-24-18(17)9-19(21-10-20(24)25)23-11-14(3)22-12-23/h4-6,9,11-12H,1,7-8,10H2,2-3H3. The number of carbonyl (C=O) groups is 1. The molecule has 0 aliphatic carbocycles. The van der Waals surface area contributed by atoms with E-state index in [0.29, 0.717) is 6.54 Å². The molecule has 25 heavy (non-hydrogen) atoms. The predicted octanol–water partition coefficient (Wildman–Crippen LogP) is 2.91. The lowest BCUT2D eigenvalue weighted by Crippen LogP contribution is -2.36. The maximum atomic E-state index is 12.6. The first-order chi connectivity index (χ1) is 12.0. The number of hydrogen-bond donors (Lipinski definition) is 0. The Morgan fingerprint density at radius 1 is 1.32 bits per heavy atom. The van der Waals surface area contributed by atoms with Crippen molar-refractivity contribution in [1.82, 2.24) is 14.5 Å². The van der Waals surface area contributed by atoms with Crippen LogP contribution in [0.1, 0.15) is 29.3 Å². The molecule has 1 aromatic heterocycles. The van der Waals surface area contributed by atoms with Crippen molar-refractivity contribution >= 4 is 23.0 Å². The van der Waals surface area contributed by atoms with E-state index in [1.165, 1.54) is 11.1 Å². The number of hydrogen-bond acceptors (Lipinski definition) is 3. The molecule has 4 rings (SSSR count). The second-order valence-electron chi connectivity index (χ2n) is 6.53. The second-order valence-corrected chi connectivity index (χ2v) is 6.53. The Balaban J connectivity index is 1.88. The number of benzene rings is 1. The molecule has 1 amide bonds. The van der Waals surface area contributed by atoms with Crippen molar-refractivity contribution in [1.29, 1.82) is 0 Å². The van der Waals surface area contributed by atoms with Gasteiger partial charge in [-0.3, -0.25) is 14.4 Å². The first-order valence-electron chi connectivity index (χ1n) is 8.40. The van der Waals surface area contributed by atoms with Crippen LogP contribution in [0.2, 0.25) is 0 Å². The zero-order valence-electron chi connectivity index (χ0n) is 14.5. The minimum atomic E-state index is 0.0319. The van der Waals surface area contributed by atoms with Gasteiger partial charge < -0.3 is 4.90 Å². The number of carbonyl (C=O) groups excluding carboxylic acids is 1. The van der Waals surface area contributed by atoms with Gasteiger partial charge in [0, 0.05) is 24.4 Å². The van der Waals surface area contributed by atoms with Gasteiger partial charge in [0.05, 0.1) is 11.4 Å². The number of rotatable bonds is 1. The molecule has 0 fully saturated rings. The molecule has 0 atom stereocenters. The summed E-state index contributed by atoms with van der Waals surface area (Å²) < 4.78 is 1.87. The van der Waals surface area contributed by atoms with Gasteiger partial charge in [-0.2, -0.15) is 0 Å². The highest BCUT2D eigenvalue weighted by Crippen LogP contribution is 2.34. The Kier molecular flexibility index (Phi) is 3.64. The van der Waals surface area contributed by atoms with Crippen LogP contribution < -0.4 is 0 Å². The van der Waals surface area contributed by atoms with Crippen molar-refractivity contribution in [3.8, 4) is 0 Å². The number of amides is 1. The molecular formula is C20H20N4O. The minimum Gasteiger partial charge on any atom is -0.310 e. The molecule has 0 spiro atoms. The first kappa shape index (κ1) is 15.6. The van der Waals surface area contributed by atoms with E-state index in [1.54, 1.807) is 6.33 Å². The normalized spacial score (nSPS) is 16.6. The van der Waals surface area contributed by atoms with E-state index in [-0.39, 0.29) is 12.5 Å². The van der Waals surface area contributed by atoms with Crippen LogP contribution in [-0.2, 0) is 11.2 Å². The number of nitrogens with zero attached hydrogens (tertiary/aromatic N) is 4. The largest absolute Gasteiger partial charge is 0.310 e. The number of imidazole rings is 1. The lowest BCUT2D eigenvalue weighted by atomic mass is 9.89. The van der Waals surface area contributed by atoms with Gasteiger partial charge in [-0.15, -0.1) is 0 Å². The Bertz CT molecular complexity index is 948. The molecule has 2 aromatic rings. The van der Waals surface area contributed by atoms with E-state index in [2.05, 4.69) is 28.7 Å². The molecule has 0 N–H and O–H groups in total. The third-order valence-electron chi connectivity index (χ3n) is 4.71. The van der Waals surface area contributed by atoms with Crippen LogP contribution in [0.15, 0.2) is 48.4 Å². The lowest BCUT2D eigenvalue weighted by molar-refractivity contribution is -0.126. The van der Waals surface area contributed by atoms with Gasteiger partial charge in [0.15, 0.2) is 0 Å². The number of fused-ring (bicyclic) bond motifs is 3. The van der Waals surface area contributed by atoms with Gasteiger partial charge in [-0.1, -0.05) is 30.4 Å². The fourth-order valence-electron chi connectivity index (χ4n) is 3.50. The minimum absolute atomic E-state index is 0.0319. The van der Waals surface area contributed by atoms with Crippen molar-refractivity contribution in [3.05, 3.63) is 65.8 Å². The van der Waals surface area contributed by atoms with Gasteiger partial charge in [0.1, 0.15) is 18.7 Å². The molecular weight excluding hydrogens is 312 g/mol. The van der Waals surface area contributed by atoms with Gasteiger partial charge in [-0.05, 0) is 31.4 Å². The highest BCUT2D eigenvalue weighted by molar-refractivity contribution is 6.06. The summed E-state index contributed by atoms with van der Waals surface area (Å²) in [5, 5.41) is 0. The summed E-state index contributed by atoms with van der Waals surface area (Å²) in [6, 6.07) is 6.21. The Morgan fingerprint density at radius 2 is 2.16 bits per heavy atom. The van der Waals surface area contributed by atoms with Gasteiger partial charge in [-0.25, -0.2) is 4.98 Å². The van der Waals surface area contributed by atoms with Gasteiger partial charge >= 0.3 is 0 Å². The summed E-state index contributed by atoms with van der Waals surface area (Å²) in [6.45, 7) is 8.89. The van der Waals surface area contributed by atoms with Crippen LogP contribution in [0.5, 0.6) is 0 Å². The zero-order chi connectivity index (χ0) is 17.6. The van der Waals surface area contributed by atoms with Crippen LogP contribution in [0.25, 0.3) is 11.3 Å². The van der Waals surface area contributed by atoms with E-state index in [4.69, 9.17) is 0 Å². The number of aliphatic imine (C=N–C) groups is 1. The first-order valence-corrected chi connectivity index (χ1v) is 8.40. The Morgan fingerprint density at radius 3 is 2.88 bits per heavy atom. The van der Waals surface area contributed by atoms with Gasteiger partial charge in [0.25, 0.3) is 0 Å². The molecule has 5 heteroatoms. The highest BCUT2D eigenvalue weighted by Gasteiger charge is 2.29. The maximum absolute atomic E-state index is 12.6. The fraction of sp³-hybridized carbons (Fsp3) is 0.250. The molecule has 0 saturated carbocycles. The van der Waals surface area contributed by atoms with Crippen LogP contribution in [0.4, 0.5) is 0 Å². The van der Waals surface area contributed by atoms with Gasteiger partial charge in [0.2, 0.25) is 5.91 Å². The average molecular weight is 332 g/mol. The topological polar surface area (TPSA) is 50.5 Å². The Hall–Kier alpha value is -2.95. The van der Waals surface area contributed by atoms with Crippen LogP contribution >= 0.6 is 0 Å². The maximum Gasteiger partial charge on any atom is 0.248 e.